The van der Waals surface area contributed by atoms with Crippen LogP contribution in [0.15, 0.2) is 0 Å². The summed E-state index contributed by atoms with van der Waals surface area (Å²) in [5.41, 5.74) is 6.12. The van der Waals surface area contributed by atoms with Crippen LogP contribution in [0.4, 0.5) is 0 Å². The van der Waals surface area contributed by atoms with Gasteiger partial charge in [-0.15, -0.1) is 12.4 Å². The Morgan fingerprint density at radius 2 is 2.00 bits per heavy atom. The van der Waals surface area contributed by atoms with E-state index in [1.165, 1.54) is 32.1 Å². The van der Waals surface area contributed by atoms with E-state index in [0.717, 1.165) is 25.3 Å². The zero-order valence-corrected chi connectivity index (χ0v) is 14.4. The highest BCUT2D eigenvalue weighted by Crippen LogP contribution is 2.42. The van der Waals surface area contributed by atoms with Crippen LogP contribution in [0.3, 0.4) is 0 Å². The Balaban J connectivity index is 0.00000200. The second-order valence-corrected chi connectivity index (χ2v) is 7.83. The molecule has 1 spiro atoms. The molecule has 3 nitrogen and oxygen atoms in total. The molecule has 2 unspecified atom stereocenters. The lowest BCUT2D eigenvalue weighted by Gasteiger charge is -2.45. The molecule has 1 amide bonds. The molecule has 20 heavy (non-hydrogen) atoms. The SMILES string of the molecule is CCC(C)C(N)C(=O)N1CCSC2(CCCCC2)C1.Cl. The van der Waals surface area contributed by atoms with Crippen molar-refractivity contribution in [2.24, 2.45) is 11.7 Å². The zero-order valence-electron chi connectivity index (χ0n) is 12.8. The molecular weight excluding hydrogens is 292 g/mol. The first-order valence-electron chi connectivity index (χ1n) is 7.76. The molecule has 0 aromatic rings. The Kier molecular flexibility index (Phi) is 7.16. The topological polar surface area (TPSA) is 46.3 Å². The van der Waals surface area contributed by atoms with Crippen LogP contribution in [0.1, 0.15) is 52.4 Å². The average molecular weight is 321 g/mol. The van der Waals surface area contributed by atoms with Crippen LogP contribution in [-0.4, -0.2) is 40.4 Å². The van der Waals surface area contributed by atoms with Gasteiger partial charge in [0, 0.05) is 23.6 Å². The van der Waals surface area contributed by atoms with Crippen molar-refractivity contribution >= 4 is 30.1 Å². The molecule has 0 aromatic heterocycles. The summed E-state index contributed by atoms with van der Waals surface area (Å²) in [6.45, 7) is 6.00. The number of hydrogen-bond donors (Lipinski definition) is 1. The number of nitrogens with two attached hydrogens (primary N) is 1. The van der Waals surface area contributed by atoms with Crippen molar-refractivity contribution in [1.29, 1.82) is 0 Å². The summed E-state index contributed by atoms with van der Waals surface area (Å²) in [5.74, 6) is 1.54. The van der Waals surface area contributed by atoms with E-state index in [1.54, 1.807) is 0 Å². The molecule has 2 N–H and O–H groups in total. The van der Waals surface area contributed by atoms with Crippen LogP contribution < -0.4 is 5.73 Å². The zero-order chi connectivity index (χ0) is 13.9. The second-order valence-electron chi connectivity index (χ2n) is 6.26. The Morgan fingerprint density at radius 1 is 1.35 bits per heavy atom. The summed E-state index contributed by atoms with van der Waals surface area (Å²) >= 11 is 2.10. The lowest BCUT2D eigenvalue weighted by atomic mass is 9.87. The number of carbonyl (C=O) groups excluding carboxylic acids is 1. The third-order valence-electron chi connectivity index (χ3n) is 4.87. The van der Waals surface area contributed by atoms with Crippen molar-refractivity contribution in [2.75, 3.05) is 18.8 Å². The highest BCUT2D eigenvalue weighted by Gasteiger charge is 2.39. The van der Waals surface area contributed by atoms with Crippen molar-refractivity contribution in [3.8, 4) is 0 Å². The van der Waals surface area contributed by atoms with Crippen LogP contribution in [0, 0.1) is 5.92 Å². The summed E-state index contributed by atoms with van der Waals surface area (Å²) in [5, 5.41) is 0. The van der Waals surface area contributed by atoms with Crippen LogP contribution in [0.5, 0.6) is 0 Å². The third-order valence-corrected chi connectivity index (χ3v) is 6.40. The minimum atomic E-state index is -0.311. The molecule has 1 saturated heterocycles. The Hall–Kier alpha value is 0.0700. The Morgan fingerprint density at radius 3 is 2.60 bits per heavy atom. The molecule has 0 radical (unpaired) electrons. The van der Waals surface area contributed by atoms with Crippen molar-refractivity contribution in [1.82, 2.24) is 4.90 Å². The molecular formula is C15H29ClN2OS. The molecule has 1 saturated carbocycles. The van der Waals surface area contributed by atoms with E-state index < -0.39 is 0 Å². The lowest BCUT2D eigenvalue weighted by molar-refractivity contribution is -0.134. The fourth-order valence-corrected chi connectivity index (χ4v) is 4.81. The van der Waals surface area contributed by atoms with Gasteiger partial charge >= 0.3 is 0 Å². The molecule has 2 atom stereocenters. The Labute approximate surface area is 133 Å². The molecule has 1 aliphatic heterocycles. The van der Waals surface area contributed by atoms with Crippen LogP contribution in [0.25, 0.3) is 0 Å². The molecule has 118 valence electrons. The van der Waals surface area contributed by atoms with E-state index in [1.807, 2.05) is 0 Å². The standard InChI is InChI=1S/C15H28N2OS.ClH/c1-3-12(2)13(16)14(18)17-9-10-19-15(11-17)7-5-4-6-8-15;/h12-13H,3-11,16H2,1-2H3;1H. The largest absolute Gasteiger partial charge is 0.339 e. The second kappa shape index (κ2) is 7.90. The number of hydrogen-bond acceptors (Lipinski definition) is 3. The summed E-state index contributed by atoms with van der Waals surface area (Å²) in [6, 6.07) is -0.311. The van der Waals surface area contributed by atoms with Crippen molar-refractivity contribution in [2.45, 2.75) is 63.2 Å². The fraction of sp³-hybridized carbons (Fsp3) is 0.933. The van der Waals surface area contributed by atoms with Gasteiger partial charge in [0.2, 0.25) is 5.91 Å². The molecule has 5 heteroatoms. The van der Waals surface area contributed by atoms with Gasteiger partial charge in [-0.1, -0.05) is 39.5 Å². The van der Waals surface area contributed by atoms with Crippen LogP contribution >= 0.6 is 24.2 Å². The minimum absolute atomic E-state index is 0. The van der Waals surface area contributed by atoms with Gasteiger partial charge in [-0.3, -0.25) is 4.79 Å². The molecule has 2 rings (SSSR count). The summed E-state index contributed by atoms with van der Waals surface area (Å²) in [6.07, 6.45) is 7.54. The smallest absolute Gasteiger partial charge is 0.239 e. The normalized spacial score (nSPS) is 24.9. The Bertz CT molecular complexity index is 315. The predicted octanol–water partition coefficient (Wildman–Crippen LogP) is 3.06. The third kappa shape index (κ3) is 4.05. The van der Waals surface area contributed by atoms with Crippen LogP contribution in [0.2, 0.25) is 0 Å². The number of rotatable bonds is 3. The van der Waals surface area contributed by atoms with Gasteiger partial charge in [-0.2, -0.15) is 11.8 Å². The maximum Gasteiger partial charge on any atom is 0.239 e. The maximum atomic E-state index is 12.5. The van der Waals surface area contributed by atoms with Gasteiger partial charge in [0.25, 0.3) is 0 Å². The van der Waals surface area contributed by atoms with Gasteiger partial charge in [0.05, 0.1) is 6.04 Å². The van der Waals surface area contributed by atoms with E-state index in [4.69, 9.17) is 5.73 Å². The van der Waals surface area contributed by atoms with Crippen molar-refractivity contribution in [3.05, 3.63) is 0 Å². The van der Waals surface area contributed by atoms with Crippen molar-refractivity contribution in [3.63, 3.8) is 0 Å². The monoisotopic (exact) mass is 320 g/mol. The number of thioether (sulfide) groups is 1. The van der Waals surface area contributed by atoms with Gasteiger partial charge < -0.3 is 10.6 Å². The summed E-state index contributed by atoms with van der Waals surface area (Å²) in [7, 11) is 0. The molecule has 2 aliphatic rings. The molecule has 0 aromatic carbocycles. The molecule has 1 heterocycles. The fourth-order valence-electron chi connectivity index (χ4n) is 3.24. The number of halogens is 1. The highest BCUT2D eigenvalue weighted by atomic mass is 35.5. The van der Waals surface area contributed by atoms with E-state index in [-0.39, 0.29) is 30.3 Å². The van der Waals surface area contributed by atoms with E-state index in [2.05, 4.69) is 30.5 Å². The van der Waals surface area contributed by atoms with Crippen LogP contribution in [-0.2, 0) is 4.79 Å². The summed E-state index contributed by atoms with van der Waals surface area (Å²) < 4.78 is 0.349. The minimum Gasteiger partial charge on any atom is -0.339 e. The van der Waals surface area contributed by atoms with E-state index >= 15 is 0 Å². The molecule has 0 bridgehead atoms. The lowest BCUT2D eigenvalue weighted by Crippen LogP contribution is -2.55. The average Bonchev–Trinajstić information content (AvgIpc) is 2.45. The predicted molar refractivity (Wildman–Crippen MR) is 89.5 cm³/mol. The first-order valence-corrected chi connectivity index (χ1v) is 8.75. The van der Waals surface area contributed by atoms with Gasteiger partial charge in [0.1, 0.15) is 0 Å². The number of amides is 1. The van der Waals surface area contributed by atoms with Gasteiger partial charge in [-0.25, -0.2) is 0 Å². The van der Waals surface area contributed by atoms with Gasteiger partial charge in [-0.05, 0) is 18.8 Å². The maximum absolute atomic E-state index is 12.5. The number of carbonyl (C=O) groups is 1. The van der Waals surface area contributed by atoms with E-state index in [0.29, 0.717) is 4.75 Å². The molecule has 1 aliphatic carbocycles. The first-order chi connectivity index (χ1) is 9.08. The highest BCUT2D eigenvalue weighted by molar-refractivity contribution is 8.00. The quantitative estimate of drug-likeness (QED) is 0.869. The van der Waals surface area contributed by atoms with Crippen molar-refractivity contribution < 1.29 is 4.79 Å². The molecule has 2 fully saturated rings. The first kappa shape index (κ1) is 18.1. The summed E-state index contributed by atoms with van der Waals surface area (Å²) in [4.78, 5) is 14.6. The van der Waals surface area contributed by atoms with Gasteiger partial charge in [0.15, 0.2) is 0 Å². The van der Waals surface area contributed by atoms with E-state index in [9.17, 15) is 4.79 Å². The number of nitrogens with zero attached hydrogens (tertiary/aromatic N) is 1.